The van der Waals surface area contributed by atoms with Gasteiger partial charge in [-0.15, -0.1) is 0 Å². The molecular formula is C18H18N4O2. The van der Waals surface area contributed by atoms with Crippen molar-refractivity contribution in [2.45, 2.75) is 13.8 Å². The topological polar surface area (TPSA) is 69.0 Å². The molecule has 2 heterocycles. The molecule has 2 aromatic heterocycles. The minimum absolute atomic E-state index is 0.0498. The van der Waals surface area contributed by atoms with Crippen LogP contribution in [0.5, 0.6) is 5.75 Å². The van der Waals surface area contributed by atoms with Crippen LogP contribution in [0.3, 0.4) is 0 Å². The summed E-state index contributed by atoms with van der Waals surface area (Å²) in [7, 11) is 0. The van der Waals surface area contributed by atoms with Crippen LogP contribution in [0.2, 0.25) is 0 Å². The van der Waals surface area contributed by atoms with Gasteiger partial charge in [0.2, 0.25) is 0 Å². The highest BCUT2D eigenvalue weighted by Gasteiger charge is 2.06. The molecule has 3 rings (SSSR count). The van der Waals surface area contributed by atoms with Crippen LogP contribution < -0.4 is 10.1 Å². The summed E-state index contributed by atoms with van der Waals surface area (Å²) in [6, 6.07) is 11.2. The smallest absolute Gasteiger partial charge is 0.262 e. The molecule has 3 aromatic rings. The van der Waals surface area contributed by atoms with Crippen LogP contribution >= 0.6 is 0 Å². The van der Waals surface area contributed by atoms with E-state index in [2.05, 4.69) is 15.3 Å². The van der Waals surface area contributed by atoms with Gasteiger partial charge in [0, 0.05) is 12.4 Å². The second-order valence-corrected chi connectivity index (χ2v) is 5.40. The zero-order chi connectivity index (χ0) is 16.9. The maximum Gasteiger partial charge on any atom is 0.262 e. The van der Waals surface area contributed by atoms with Crippen molar-refractivity contribution in [2.24, 2.45) is 0 Å². The lowest BCUT2D eigenvalue weighted by Gasteiger charge is -2.09. The molecule has 1 N–H and O–H groups in total. The number of ether oxygens (including phenoxy) is 1. The third kappa shape index (κ3) is 3.78. The van der Waals surface area contributed by atoms with Crippen molar-refractivity contribution < 1.29 is 9.53 Å². The van der Waals surface area contributed by atoms with Gasteiger partial charge in [-0.3, -0.25) is 9.36 Å². The van der Waals surface area contributed by atoms with Crippen LogP contribution in [0, 0.1) is 13.8 Å². The van der Waals surface area contributed by atoms with Crippen LogP contribution in [-0.4, -0.2) is 27.0 Å². The Balaban J connectivity index is 1.57. The number of imidazole rings is 1. The average molecular weight is 322 g/mol. The zero-order valence-corrected chi connectivity index (χ0v) is 13.6. The SMILES string of the molecule is Cc1cccc(OCC(=O)Nc2ccc(-n3ccnc3C)nc2)c1. The molecule has 6 nitrogen and oxygen atoms in total. The number of aryl methyl sites for hydroxylation is 2. The lowest BCUT2D eigenvalue weighted by atomic mass is 10.2. The number of hydrogen-bond acceptors (Lipinski definition) is 4. The lowest BCUT2D eigenvalue weighted by Crippen LogP contribution is -2.20. The summed E-state index contributed by atoms with van der Waals surface area (Å²) in [6.07, 6.45) is 5.17. The highest BCUT2D eigenvalue weighted by atomic mass is 16.5. The number of rotatable bonds is 5. The Hall–Kier alpha value is -3.15. The molecule has 0 aliphatic carbocycles. The second-order valence-electron chi connectivity index (χ2n) is 5.40. The quantitative estimate of drug-likeness (QED) is 0.784. The van der Waals surface area contributed by atoms with Crippen molar-refractivity contribution >= 4 is 11.6 Å². The average Bonchev–Trinajstić information content (AvgIpc) is 3.00. The Morgan fingerprint density at radius 1 is 1.21 bits per heavy atom. The number of hydrogen-bond donors (Lipinski definition) is 1. The standard InChI is InChI=1S/C18H18N4O2/c1-13-4-3-5-16(10-13)24-12-18(23)21-15-6-7-17(20-11-15)22-9-8-19-14(22)2/h3-11H,12H2,1-2H3,(H,21,23). The molecule has 0 fully saturated rings. The van der Waals surface area contributed by atoms with Gasteiger partial charge in [0.15, 0.2) is 6.61 Å². The third-order valence-electron chi connectivity index (χ3n) is 3.46. The summed E-state index contributed by atoms with van der Waals surface area (Å²) in [6.45, 7) is 3.83. The zero-order valence-electron chi connectivity index (χ0n) is 13.6. The predicted octanol–water partition coefficient (Wildman–Crippen LogP) is 2.90. The Kier molecular flexibility index (Phi) is 4.56. The van der Waals surface area contributed by atoms with Crippen molar-refractivity contribution in [1.82, 2.24) is 14.5 Å². The van der Waals surface area contributed by atoms with Gasteiger partial charge < -0.3 is 10.1 Å². The maximum atomic E-state index is 12.0. The van der Waals surface area contributed by atoms with E-state index >= 15 is 0 Å². The van der Waals surface area contributed by atoms with E-state index in [1.165, 1.54) is 0 Å². The Morgan fingerprint density at radius 2 is 2.08 bits per heavy atom. The molecule has 0 aliphatic rings. The minimum Gasteiger partial charge on any atom is -0.484 e. The molecule has 0 aliphatic heterocycles. The molecule has 0 radical (unpaired) electrons. The molecule has 0 saturated carbocycles. The van der Waals surface area contributed by atoms with E-state index in [0.29, 0.717) is 11.4 Å². The van der Waals surface area contributed by atoms with Crippen molar-refractivity contribution in [1.29, 1.82) is 0 Å². The number of carbonyl (C=O) groups is 1. The highest BCUT2D eigenvalue weighted by Crippen LogP contribution is 2.13. The molecule has 24 heavy (non-hydrogen) atoms. The first-order valence-electron chi connectivity index (χ1n) is 7.57. The van der Waals surface area contributed by atoms with Crippen molar-refractivity contribution in [3.05, 3.63) is 66.4 Å². The first-order chi connectivity index (χ1) is 11.6. The minimum atomic E-state index is -0.232. The number of benzene rings is 1. The van der Waals surface area contributed by atoms with E-state index in [1.54, 1.807) is 18.5 Å². The Bertz CT molecular complexity index is 840. The van der Waals surface area contributed by atoms with Gasteiger partial charge in [-0.2, -0.15) is 0 Å². The van der Waals surface area contributed by atoms with E-state index in [0.717, 1.165) is 17.2 Å². The van der Waals surface area contributed by atoms with Crippen molar-refractivity contribution in [3.8, 4) is 11.6 Å². The van der Waals surface area contributed by atoms with E-state index in [4.69, 9.17) is 4.74 Å². The van der Waals surface area contributed by atoms with Crippen LogP contribution in [0.1, 0.15) is 11.4 Å². The number of aromatic nitrogens is 3. The summed E-state index contributed by atoms with van der Waals surface area (Å²) in [5.41, 5.74) is 1.71. The second kappa shape index (κ2) is 6.95. The van der Waals surface area contributed by atoms with Crippen LogP contribution in [0.15, 0.2) is 55.0 Å². The first-order valence-corrected chi connectivity index (χ1v) is 7.57. The number of anilines is 1. The predicted molar refractivity (Wildman–Crippen MR) is 91.4 cm³/mol. The molecule has 0 spiro atoms. The normalized spacial score (nSPS) is 10.4. The summed E-state index contributed by atoms with van der Waals surface area (Å²) >= 11 is 0. The van der Waals surface area contributed by atoms with Gasteiger partial charge in [0.25, 0.3) is 5.91 Å². The van der Waals surface area contributed by atoms with Gasteiger partial charge in [-0.05, 0) is 43.7 Å². The number of amides is 1. The van der Waals surface area contributed by atoms with Crippen LogP contribution in [0.25, 0.3) is 5.82 Å². The number of nitrogens with zero attached hydrogens (tertiary/aromatic N) is 3. The molecule has 6 heteroatoms. The third-order valence-corrected chi connectivity index (χ3v) is 3.46. The largest absolute Gasteiger partial charge is 0.484 e. The molecule has 0 bridgehead atoms. The molecule has 0 saturated heterocycles. The molecule has 0 atom stereocenters. The monoisotopic (exact) mass is 322 g/mol. The van der Waals surface area contributed by atoms with Gasteiger partial charge in [-0.25, -0.2) is 9.97 Å². The molecule has 1 amide bonds. The number of carbonyl (C=O) groups excluding carboxylic acids is 1. The van der Waals surface area contributed by atoms with Crippen molar-refractivity contribution in [2.75, 3.05) is 11.9 Å². The summed E-state index contributed by atoms with van der Waals surface area (Å²) in [5, 5.41) is 2.76. The van der Waals surface area contributed by atoms with Gasteiger partial charge in [-0.1, -0.05) is 12.1 Å². The Labute approximate surface area is 140 Å². The Morgan fingerprint density at radius 3 is 2.75 bits per heavy atom. The highest BCUT2D eigenvalue weighted by molar-refractivity contribution is 5.91. The molecule has 122 valence electrons. The van der Waals surface area contributed by atoms with E-state index < -0.39 is 0 Å². The maximum absolute atomic E-state index is 12.0. The lowest BCUT2D eigenvalue weighted by molar-refractivity contribution is -0.118. The molecule has 0 unspecified atom stereocenters. The van der Waals surface area contributed by atoms with E-state index in [9.17, 15) is 4.79 Å². The fourth-order valence-corrected chi connectivity index (χ4v) is 2.27. The van der Waals surface area contributed by atoms with E-state index in [1.807, 2.05) is 54.9 Å². The molecule has 1 aromatic carbocycles. The fraction of sp³-hybridized carbons (Fsp3) is 0.167. The fourth-order valence-electron chi connectivity index (χ4n) is 2.27. The van der Waals surface area contributed by atoms with Gasteiger partial charge >= 0.3 is 0 Å². The summed E-state index contributed by atoms with van der Waals surface area (Å²) in [4.78, 5) is 20.5. The molecular weight excluding hydrogens is 304 g/mol. The van der Waals surface area contributed by atoms with Crippen molar-refractivity contribution in [3.63, 3.8) is 0 Å². The van der Waals surface area contributed by atoms with Crippen LogP contribution in [-0.2, 0) is 4.79 Å². The van der Waals surface area contributed by atoms with Gasteiger partial charge in [0.1, 0.15) is 17.4 Å². The van der Waals surface area contributed by atoms with Crippen LogP contribution in [0.4, 0.5) is 5.69 Å². The number of pyridine rings is 1. The van der Waals surface area contributed by atoms with E-state index in [-0.39, 0.29) is 12.5 Å². The first kappa shape index (κ1) is 15.7. The number of nitrogens with one attached hydrogen (secondary N) is 1. The summed E-state index contributed by atoms with van der Waals surface area (Å²) < 4.78 is 7.34. The summed E-state index contributed by atoms with van der Waals surface area (Å²) in [5.74, 6) is 2.05. The van der Waals surface area contributed by atoms with Gasteiger partial charge in [0.05, 0.1) is 11.9 Å².